The minimum Gasteiger partial charge on any atom is -0.385 e. The van der Waals surface area contributed by atoms with Crippen LogP contribution in [0.3, 0.4) is 0 Å². The van der Waals surface area contributed by atoms with Gasteiger partial charge in [0.2, 0.25) is 0 Å². The molecule has 0 aromatic heterocycles. The van der Waals surface area contributed by atoms with Crippen molar-refractivity contribution < 1.29 is 17.6 Å². The largest absolute Gasteiger partial charge is 0.385 e. The molecule has 0 saturated heterocycles. The van der Waals surface area contributed by atoms with Crippen LogP contribution < -0.4 is 10.6 Å². The molecule has 106 valence electrons. The molecule has 0 radical (unpaired) electrons. The van der Waals surface area contributed by atoms with Crippen LogP contribution in [0.15, 0.2) is 18.2 Å². The van der Waals surface area contributed by atoms with Crippen LogP contribution in [0.4, 0.5) is 10.1 Å². The topological polar surface area (TPSA) is 75.3 Å². The first-order valence-electron chi connectivity index (χ1n) is 5.69. The molecule has 1 rings (SSSR count). The summed E-state index contributed by atoms with van der Waals surface area (Å²) in [6.07, 6.45) is 1.09. The standard InChI is InChI=1S/C12H17FN2O3S/c1-8(7-19(3,17)18)15-12(16)9-5-4-6-10(13)11(9)14-2/h4-6,8,14H,7H2,1-3H3,(H,15,16). The Hall–Kier alpha value is -1.63. The van der Waals surface area contributed by atoms with Crippen molar-refractivity contribution in [3.63, 3.8) is 0 Å². The van der Waals surface area contributed by atoms with E-state index in [1.165, 1.54) is 25.2 Å². The van der Waals surface area contributed by atoms with E-state index in [0.29, 0.717) is 0 Å². The van der Waals surface area contributed by atoms with Crippen LogP contribution in [0.25, 0.3) is 0 Å². The molecule has 1 unspecified atom stereocenters. The summed E-state index contributed by atoms with van der Waals surface area (Å²) in [5.41, 5.74) is 0.231. The van der Waals surface area contributed by atoms with Crippen molar-refractivity contribution in [3.05, 3.63) is 29.6 Å². The molecule has 7 heteroatoms. The van der Waals surface area contributed by atoms with Gasteiger partial charge in [0.1, 0.15) is 15.7 Å². The first kappa shape index (κ1) is 15.4. The van der Waals surface area contributed by atoms with E-state index in [0.717, 1.165) is 6.26 Å². The van der Waals surface area contributed by atoms with Crippen LogP contribution in [0.1, 0.15) is 17.3 Å². The fourth-order valence-corrected chi connectivity index (χ4v) is 2.76. The zero-order valence-corrected chi connectivity index (χ0v) is 11.8. The molecule has 5 nitrogen and oxygen atoms in total. The number of sulfone groups is 1. The maximum Gasteiger partial charge on any atom is 0.253 e. The molecule has 1 aromatic carbocycles. The zero-order chi connectivity index (χ0) is 14.6. The van der Waals surface area contributed by atoms with Gasteiger partial charge < -0.3 is 10.6 Å². The number of amides is 1. The van der Waals surface area contributed by atoms with Crippen molar-refractivity contribution >= 4 is 21.4 Å². The molecule has 0 saturated carbocycles. The molecule has 1 aromatic rings. The number of nitrogens with one attached hydrogen (secondary N) is 2. The van der Waals surface area contributed by atoms with Crippen molar-refractivity contribution in [2.45, 2.75) is 13.0 Å². The van der Waals surface area contributed by atoms with Crippen LogP contribution in [-0.2, 0) is 9.84 Å². The highest BCUT2D eigenvalue weighted by Gasteiger charge is 2.18. The summed E-state index contributed by atoms with van der Waals surface area (Å²) in [7, 11) is -1.67. The lowest BCUT2D eigenvalue weighted by Gasteiger charge is -2.15. The number of halogens is 1. The van der Waals surface area contributed by atoms with Crippen molar-refractivity contribution in [2.24, 2.45) is 0 Å². The Labute approximate surface area is 112 Å². The molecule has 0 aliphatic heterocycles. The lowest BCUT2D eigenvalue weighted by Crippen LogP contribution is -2.37. The summed E-state index contributed by atoms with van der Waals surface area (Å²) in [4.78, 5) is 12.0. The lowest BCUT2D eigenvalue weighted by molar-refractivity contribution is 0.0944. The van der Waals surface area contributed by atoms with Crippen molar-refractivity contribution in [1.29, 1.82) is 0 Å². The Balaban J connectivity index is 2.87. The number of para-hydroxylation sites is 1. The third-order valence-corrected chi connectivity index (χ3v) is 3.54. The third-order valence-electron chi connectivity index (χ3n) is 2.44. The molecule has 0 heterocycles. The minimum absolute atomic E-state index is 0.0894. The van der Waals surface area contributed by atoms with Crippen molar-refractivity contribution in [1.82, 2.24) is 5.32 Å². The Kier molecular flexibility index (Phi) is 4.88. The Morgan fingerprint density at radius 2 is 2.05 bits per heavy atom. The van der Waals surface area contributed by atoms with Gasteiger partial charge in [-0.05, 0) is 19.1 Å². The van der Waals surface area contributed by atoms with Crippen LogP contribution in [0.2, 0.25) is 0 Å². The number of carbonyl (C=O) groups excluding carboxylic acids is 1. The predicted octanol–water partition coefficient (Wildman–Crippen LogP) is 1.03. The fraction of sp³-hybridized carbons (Fsp3) is 0.417. The average Bonchev–Trinajstić information content (AvgIpc) is 2.25. The quantitative estimate of drug-likeness (QED) is 0.848. The lowest BCUT2D eigenvalue weighted by atomic mass is 10.1. The average molecular weight is 288 g/mol. The molecule has 0 aliphatic rings. The van der Waals surface area contributed by atoms with Crippen molar-refractivity contribution in [2.75, 3.05) is 24.4 Å². The van der Waals surface area contributed by atoms with Gasteiger partial charge in [-0.25, -0.2) is 12.8 Å². The summed E-state index contributed by atoms with van der Waals surface area (Å²) in [6, 6.07) is 3.59. The first-order chi connectivity index (χ1) is 8.74. The molecule has 0 aliphatic carbocycles. The van der Waals surface area contributed by atoms with E-state index < -0.39 is 27.6 Å². The molecular weight excluding hydrogens is 271 g/mol. The molecule has 0 fully saturated rings. The number of carbonyl (C=O) groups is 1. The molecular formula is C12H17FN2O3S. The second-order valence-corrected chi connectivity index (χ2v) is 6.56. The molecule has 1 amide bonds. The van der Waals surface area contributed by atoms with Crippen LogP contribution in [-0.4, -0.2) is 39.4 Å². The summed E-state index contributed by atoms with van der Waals surface area (Å²) < 4.78 is 35.7. The smallest absolute Gasteiger partial charge is 0.253 e. The molecule has 0 bridgehead atoms. The van der Waals surface area contributed by atoms with Crippen LogP contribution in [0.5, 0.6) is 0 Å². The highest BCUT2D eigenvalue weighted by atomic mass is 32.2. The summed E-state index contributed by atoms with van der Waals surface area (Å²) in [5.74, 6) is -1.21. The summed E-state index contributed by atoms with van der Waals surface area (Å²) in [5, 5.41) is 5.14. The monoisotopic (exact) mass is 288 g/mol. The van der Waals surface area contributed by atoms with E-state index in [9.17, 15) is 17.6 Å². The van der Waals surface area contributed by atoms with E-state index in [-0.39, 0.29) is 17.0 Å². The summed E-state index contributed by atoms with van der Waals surface area (Å²) in [6.45, 7) is 1.58. The van der Waals surface area contributed by atoms with Crippen LogP contribution in [0, 0.1) is 5.82 Å². The number of rotatable bonds is 5. The normalized spacial score (nSPS) is 12.8. The van der Waals surface area contributed by atoms with E-state index >= 15 is 0 Å². The number of benzene rings is 1. The Bertz CT molecular complexity index is 572. The molecule has 1 atom stereocenters. The van der Waals surface area contributed by atoms with E-state index in [4.69, 9.17) is 0 Å². The number of hydrogen-bond donors (Lipinski definition) is 2. The van der Waals surface area contributed by atoms with Gasteiger partial charge in [0.25, 0.3) is 5.91 Å². The zero-order valence-electron chi connectivity index (χ0n) is 11.0. The fourth-order valence-electron chi connectivity index (χ4n) is 1.76. The number of hydrogen-bond acceptors (Lipinski definition) is 4. The highest BCUT2D eigenvalue weighted by Crippen LogP contribution is 2.19. The van der Waals surface area contributed by atoms with Gasteiger partial charge in [-0.3, -0.25) is 4.79 Å². The van der Waals surface area contributed by atoms with Gasteiger partial charge in [0, 0.05) is 19.3 Å². The maximum absolute atomic E-state index is 13.5. The maximum atomic E-state index is 13.5. The van der Waals surface area contributed by atoms with E-state index in [1.807, 2.05) is 0 Å². The number of anilines is 1. The van der Waals surface area contributed by atoms with Gasteiger partial charge in [0.15, 0.2) is 0 Å². The predicted molar refractivity (Wildman–Crippen MR) is 72.6 cm³/mol. The molecule has 2 N–H and O–H groups in total. The SMILES string of the molecule is CNc1c(F)cccc1C(=O)NC(C)CS(C)(=O)=O. The minimum atomic E-state index is -3.18. The van der Waals surface area contributed by atoms with E-state index in [1.54, 1.807) is 6.92 Å². The Morgan fingerprint density at radius 1 is 1.42 bits per heavy atom. The second kappa shape index (κ2) is 6.01. The first-order valence-corrected chi connectivity index (χ1v) is 7.75. The summed E-state index contributed by atoms with van der Waals surface area (Å²) >= 11 is 0. The Morgan fingerprint density at radius 3 is 2.58 bits per heavy atom. The van der Waals surface area contributed by atoms with E-state index in [2.05, 4.69) is 10.6 Å². The second-order valence-electron chi connectivity index (χ2n) is 4.38. The van der Waals surface area contributed by atoms with Gasteiger partial charge in [-0.15, -0.1) is 0 Å². The molecule has 19 heavy (non-hydrogen) atoms. The van der Waals surface area contributed by atoms with Gasteiger partial charge in [-0.2, -0.15) is 0 Å². The van der Waals surface area contributed by atoms with Crippen LogP contribution >= 0.6 is 0 Å². The van der Waals surface area contributed by atoms with Gasteiger partial charge in [0.05, 0.1) is 17.0 Å². The third kappa shape index (κ3) is 4.51. The van der Waals surface area contributed by atoms with Crippen molar-refractivity contribution in [3.8, 4) is 0 Å². The highest BCUT2D eigenvalue weighted by molar-refractivity contribution is 7.90. The van der Waals surface area contributed by atoms with Gasteiger partial charge in [-0.1, -0.05) is 6.07 Å². The van der Waals surface area contributed by atoms with Gasteiger partial charge >= 0.3 is 0 Å². The molecule has 0 spiro atoms.